The lowest BCUT2D eigenvalue weighted by Gasteiger charge is -2.06. The van der Waals surface area contributed by atoms with Crippen LogP contribution < -0.4 is 0 Å². The number of benzene rings is 1. The molecule has 1 aliphatic heterocycles. The van der Waals surface area contributed by atoms with E-state index in [2.05, 4.69) is 0 Å². The average Bonchev–Trinajstić information content (AvgIpc) is 2.72. The van der Waals surface area contributed by atoms with E-state index in [9.17, 15) is 18.3 Å². The van der Waals surface area contributed by atoms with Crippen molar-refractivity contribution in [3.05, 3.63) is 45.6 Å². The number of thiophene rings is 1. The van der Waals surface area contributed by atoms with Crippen molar-refractivity contribution < 1.29 is 18.3 Å². The van der Waals surface area contributed by atoms with E-state index in [0.717, 1.165) is 0 Å². The molecular weight excluding hydrogens is 272 g/mol. The normalized spacial score (nSPS) is 16.8. The fourth-order valence-corrected chi connectivity index (χ4v) is 4.61. The number of sulfone groups is 1. The summed E-state index contributed by atoms with van der Waals surface area (Å²) in [7, 11) is -3.59. The molecule has 0 atom stereocenters. The Morgan fingerprint density at radius 2 is 2.00 bits per heavy atom. The molecule has 0 spiro atoms. The molecule has 0 unspecified atom stereocenters. The summed E-state index contributed by atoms with van der Waals surface area (Å²) in [6.45, 7) is 0. The molecule has 6 heteroatoms. The summed E-state index contributed by atoms with van der Waals surface area (Å²) < 4.78 is 24.4. The summed E-state index contributed by atoms with van der Waals surface area (Å²) in [6.07, 6.45) is 0. The van der Waals surface area contributed by atoms with Crippen LogP contribution in [0.1, 0.15) is 20.8 Å². The zero-order valence-corrected chi connectivity index (χ0v) is 10.7. The predicted octanol–water partition coefficient (Wildman–Crippen LogP) is 1.97. The fraction of sp³-hybridized carbons (Fsp3) is 0.0833. The Morgan fingerprint density at radius 3 is 2.78 bits per heavy atom. The number of ketones is 1. The maximum absolute atomic E-state index is 12.3. The Kier molecular flexibility index (Phi) is 2.33. The maximum Gasteiger partial charge on any atom is 0.208 e. The first kappa shape index (κ1) is 11.4. The van der Waals surface area contributed by atoms with Crippen molar-refractivity contribution in [1.82, 2.24) is 0 Å². The van der Waals surface area contributed by atoms with Crippen molar-refractivity contribution in [2.75, 3.05) is 0 Å². The number of phenolic OH excluding ortho intramolecular Hbond substituents is 1. The third-order valence-electron chi connectivity index (χ3n) is 2.86. The first-order valence-electron chi connectivity index (χ1n) is 5.16. The Labute approximate surface area is 107 Å². The minimum absolute atomic E-state index is 0.0871. The van der Waals surface area contributed by atoms with Gasteiger partial charge in [-0.1, -0.05) is 6.07 Å². The first-order valence-corrected chi connectivity index (χ1v) is 7.70. The molecule has 0 saturated heterocycles. The molecule has 0 aliphatic carbocycles. The van der Waals surface area contributed by atoms with Gasteiger partial charge in [-0.2, -0.15) is 0 Å². The molecule has 3 rings (SSSR count). The molecule has 0 bridgehead atoms. The summed E-state index contributed by atoms with van der Waals surface area (Å²) >= 11 is 1.19. The molecule has 4 nitrogen and oxygen atoms in total. The van der Waals surface area contributed by atoms with E-state index in [1.165, 1.54) is 29.5 Å². The van der Waals surface area contributed by atoms with Gasteiger partial charge < -0.3 is 5.11 Å². The van der Waals surface area contributed by atoms with E-state index >= 15 is 0 Å². The van der Waals surface area contributed by atoms with Gasteiger partial charge in [-0.05, 0) is 29.1 Å². The molecule has 18 heavy (non-hydrogen) atoms. The van der Waals surface area contributed by atoms with Gasteiger partial charge in [0.2, 0.25) is 5.78 Å². The Hall–Kier alpha value is -1.66. The molecule has 0 amide bonds. The highest BCUT2D eigenvalue weighted by molar-refractivity contribution is 7.90. The van der Waals surface area contributed by atoms with Crippen molar-refractivity contribution in [2.24, 2.45) is 0 Å². The predicted molar refractivity (Wildman–Crippen MR) is 66.7 cm³/mol. The summed E-state index contributed by atoms with van der Waals surface area (Å²) in [5.74, 6) is -0.912. The van der Waals surface area contributed by atoms with Gasteiger partial charge in [0.15, 0.2) is 9.84 Å². The monoisotopic (exact) mass is 280 g/mol. The SMILES string of the molecule is O=C1c2sccc2CS(=O)(=O)c2cccc(O)c21. The third-order valence-corrected chi connectivity index (χ3v) is 5.52. The van der Waals surface area contributed by atoms with E-state index in [-0.39, 0.29) is 22.0 Å². The van der Waals surface area contributed by atoms with Crippen LogP contribution in [0, 0.1) is 0 Å². The molecule has 2 aromatic rings. The van der Waals surface area contributed by atoms with Gasteiger partial charge >= 0.3 is 0 Å². The van der Waals surface area contributed by atoms with Crippen LogP contribution in [-0.4, -0.2) is 19.3 Å². The van der Waals surface area contributed by atoms with Crippen LogP contribution in [-0.2, 0) is 15.6 Å². The highest BCUT2D eigenvalue weighted by Gasteiger charge is 2.32. The van der Waals surface area contributed by atoms with E-state index in [0.29, 0.717) is 10.4 Å². The second-order valence-corrected chi connectivity index (χ2v) is 6.89. The Morgan fingerprint density at radius 1 is 1.22 bits per heavy atom. The van der Waals surface area contributed by atoms with Crippen molar-refractivity contribution in [2.45, 2.75) is 10.6 Å². The minimum atomic E-state index is -3.59. The average molecular weight is 280 g/mol. The van der Waals surface area contributed by atoms with Gasteiger partial charge in [0.1, 0.15) is 5.75 Å². The molecule has 2 heterocycles. The highest BCUT2D eigenvalue weighted by Crippen LogP contribution is 2.36. The van der Waals surface area contributed by atoms with Crippen LogP contribution >= 0.6 is 11.3 Å². The topological polar surface area (TPSA) is 71.4 Å². The number of carbonyl (C=O) groups is 1. The van der Waals surface area contributed by atoms with E-state index in [4.69, 9.17) is 0 Å². The van der Waals surface area contributed by atoms with Gasteiger partial charge in [-0.3, -0.25) is 4.79 Å². The Balaban J connectivity index is 2.44. The summed E-state index contributed by atoms with van der Waals surface area (Å²) in [5, 5.41) is 11.5. The second-order valence-electron chi connectivity index (χ2n) is 4.01. The molecule has 1 N–H and O–H groups in total. The van der Waals surface area contributed by atoms with Crippen LogP contribution in [0.15, 0.2) is 34.5 Å². The van der Waals surface area contributed by atoms with Crippen LogP contribution in [0.4, 0.5) is 0 Å². The number of fused-ring (bicyclic) bond motifs is 2. The number of phenols is 1. The lowest BCUT2D eigenvalue weighted by atomic mass is 10.1. The number of hydrogen-bond donors (Lipinski definition) is 1. The molecule has 1 aromatic carbocycles. The molecule has 92 valence electrons. The third kappa shape index (κ3) is 1.49. The lowest BCUT2D eigenvalue weighted by Crippen LogP contribution is -2.06. The van der Waals surface area contributed by atoms with Crippen LogP contribution in [0.5, 0.6) is 5.75 Å². The Bertz CT molecular complexity index is 756. The van der Waals surface area contributed by atoms with Gasteiger partial charge in [-0.15, -0.1) is 11.3 Å². The standard InChI is InChI=1S/C12H8O4S2/c13-8-2-1-3-9-10(8)11(14)12-7(4-5-17-12)6-18(9,15)16/h1-5,13H,6H2. The summed E-state index contributed by atoms with van der Waals surface area (Å²) in [4.78, 5) is 12.6. The minimum Gasteiger partial charge on any atom is -0.507 e. The molecule has 0 saturated carbocycles. The molecule has 1 aliphatic rings. The number of aromatic hydroxyl groups is 1. The number of rotatable bonds is 0. The van der Waals surface area contributed by atoms with E-state index < -0.39 is 15.6 Å². The molecular formula is C12H8O4S2. The van der Waals surface area contributed by atoms with Gasteiger partial charge in [0.05, 0.1) is 21.1 Å². The zero-order chi connectivity index (χ0) is 12.9. The highest BCUT2D eigenvalue weighted by atomic mass is 32.2. The van der Waals surface area contributed by atoms with Gasteiger partial charge in [-0.25, -0.2) is 8.42 Å². The van der Waals surface area contributed by atoms with Crippen molar-refractivity contribution in [1.29, 1.82) is 0 Å². The molecule has 0 radical (unpaired) electrons. The fourth-order valence-electron chi connectivity index (χ4n) is 2.05. The van der Waals surface area contributed by atoms with Crippen molar-refractivity contribution in [3.8, 4) is 5.75 Å². The van der Waals surface area contributed by atoms with Crippen LogP contribution in [0.2, 0.25) is 0 Å². The summed E-state index contributed by atoms with van der Waals surface area (Å²) in [5.41, 5.74) is 0.388. The quantitative estimate of drug-likeness (QED) is 0.801. The van der Waals surface area contributed by atoms with E-state index in [1.54, 1.807) is 11.4 Å². The van der Waals surface area contributed by atoms with E-state index in [1.807, 2.05) is 0 Å². The van der Waals surface area contributed by atoms with Crippen molar-refractivity contribution >= 4 is 27.0 Å². The second kappa shape index (κ2) is 3.66. The van der Waals surface area contributed by atoms with Gasteiger partial charge in [0, 0.05) is 0 Å². The smallest absolute Gasteiger partial charge is 0.208 e. The molecule has 1 aromatic heterocycles. The number of carbonyl (C=O) groups excluding carboxylic acids is 1. The lowest BCUT2D eigenvalue weighted by molar-refractivity contribution is 0.103. The zero-order valence-electron chi connectivity index (χ0n) is 9.08. The molecule has 0 fully saturated rings. The number of hydrogen-bond acceptors (Lipinski definition) is 5. The summed E-state index contributed by atoms with van der Waals surface area (Å²) in [6, 6.07) is 5.75. The van der Waals surface area contributed by atoms with Crippen LogP contribution in [0.3, 0.4) is 0 Å². The largest absolute Gasteiger partial charge is 0.507 e. The van der Waals surface area contributed by atoms with Gasteiger partial charge in [0.25, 0.3) is 0 Å². The maximum atomic E-state index is 12.3. The van der Waals surface area contributed by atoms with Crippen molar-refractivity contribution in [3.63, 3.8) is 0 Å². The first-order chi connectivity index (χ1) is 8.50. The van der Waals surface area contributed by atoms with Crippen LogP contribution in [0.25, 0.3) is 0 Å².